The molecular weight excluding hydrogens is 322 g/mol. The van der Waals surface area contributed by atoms with Gasteiger partial charge in [0.1, 0.15) is 11.6 Å². The predicted octanol–water partition coefficient (Wildman–Crippen LogP) is 3.44. The van der Waals surface area contributed by atoms with E-state index in [1.807, 2.05) is 45.9 Å². The normalized spacial score (nSPS) is 13.0. The Kier molecular flexibility index (Phi) is 5.52. The Balaban J connectivity index is 2.15. The van der Waals surface area contributed by atoms with Crippen molar-refractivity contribution in [1.82, 2.24) is 5.32 Å². The lowest BCUT2D eigenvalue weighted by molar-refractivity contribution is -0.140. The fraction of sp³-hybridized carbons (Fsp3) is 0.474. The molecule has 1 aromatic heterocycles. The molecule has 1 unspecified atom stereocenters. The van der Waals surface area contributed by atoms with Crippen LogP contribution in [0, 0.1) is 13.8 Å². The Hall–Kier alpha value is -2.34. The molecule has 0 aliphatic heterocycles. The van der Waals surface area contributed by atoms with Crippen LogP contribution >= 0.6 is 0 Å². The van der Waals surface area contributed by atoms with Crippen LogP contribution in [0.3, 0.4) is 0 Å². The second kappa shape index (κ2) is 7.27. The van der Waals surface area contributed by atoms with Crippen molar-refractivity contribution < 1.29 is 23.8 Å². The van der Waals surface area contributed by atoms with Gasteiger partial charge in [0.05, 0.1) is 5.60 Å². The van der Waals surface area contributed by atoms with Gasteiger partial charge in [-0.2, -0.15) is 0 Å². The minimum atomic E-state index is -1.10. The fourth-order valence-electron chi connectivity index (χ4n) is 2.56. The third-order valence-electron chi connectivity index (χ3n) is 3.91. The Bertz CT molecular complexity index is 785. The molecule has 1 aromatic carbocycles. The Labute approximate surface area is 147 Å². The number of rotatable bonds is 6. The molecule has 0 radical (unpaired) electrons. The van der Waals surface area contributed by atoms with E-state index in [0.29, 0.717) is 11.1 Å². The molecule has 6 heteroatoms. The zero-order valence-electron chi connectivity index (χ0n) is 15.3. The van der Waals surface area contributed by atoms with Crippen LogP contribution in [0.2, 0.25) is 0 Å². The maximum absolute atomic E-state index is 12.5. The summed E-state index contributed by atoms with van der Waals surface area (Å²) in [5.41, 5.74) is 1.91. The van der Waals surface area contributed by atoms with E-state index in [1.54, 1.807) is 6.92 Å². The molecule has 1 heterocycles. The molecule has 0 aliphatic carbocycles. The van der Waals surface area contributed by atoms with E-state index in [0.717, 1.165) is 10.9 Å². The summed E-state index contributed by atoms with van der Waals surface area (Å²) in [6, 6.07) is 4.63. The Morgan fingerprint density at radius 3 is 2.52 bits per heavy atom. The Morgan fingerprint density at radius 1 is 1.28 bits per heavy atom. The van der Waals surface area contributed by atoms with Crippen LogP contribution in [0.25, 0.3) is 11.0 Å². The van der Waals surface area contributed by atoms with Crippen molar-refractivity contribution in [1.29, 1.82) is 0 Å². The number of ether oxygens (including phenoxy) is 1. The standard InChI is InChI=1S/C19H25NO5/c1-11-7-6-8-13-12(2)16(25-15(11)13)17(21)20-14(18(22)23)9-10-24-19(3,4)5/h6-8,14H,9-10H2,1-5H3,(H,20,21)(H,22,23). The van der Waals surface area contributed by atoms with Crippen LogP contribution in [-0.2, 0) is 9.53 Å². The summed E-state index contributed by atoms with van der Waals surface area (Å²) in [5.74, 6) is -1.49. The number of aryl methyl sites for hydroxylation is 2. The number of para-hydroxylation sites is 1. The third kappa shape index (κ3) is 4.60. The van der Waals surface area contributed by atoms with Gasteiger partial charge in [0.2, 0.25) is 0 Å². The molecule has 0 saturated carbocycles. The third-order valence-corrected chi connectivity index (χ3v) is 3.91. The van der Waals surface area contributed by atoms with E-state index >= 15 is 0 Å². The summed E-state index contributed by atoms with van der Waals surface area (Å²) in [6.45, 7) is 9.60. The Morgan fingerprint density at radius 2 is 1.96 bits per heavy atom. The first-order chi connectivity index (χ1) is 11.6. The van der Waals surface area contributed by atoms with Gasteiger partial charge in [-0.1, -0.05) is 18.2 Å². The number of hydrogen-bond donors (Lipinski definition) is 2. The highest BCUT2D eigenvalue weighted by Gasteiger charge is 2.25. The summed E-state index contributed by atoms with van der Waals surface area (Å²) in [6.07, 6.45) is 0.177. The maximum atomic E-state index is 12.5. The lowest BCUT2D eigenvalue weighted by Crippen LogP contribution is -2.42. The van der Waals surface area contributed by atoms with Crippen LogP contribution < -0.4 is 5.32 Å². The van der Waals surface area contributed by atoms with Crippen LogP contribution in [0.1, 0.15) is 48.9 Å². The second-order valence-corrected chi connectivity index (χ2v) is 7.12. The monoisotopic (exact) mass is 347 g/mol. The first-order valence-electron chi connectivity index (χ1n) is 8.26. The van der Waals surface area contributed by atoms with E-state index in [9.17, 15) is 14.7 Å². The van der Waals surface area contributed by atoms with E-state index in [4.69, 9.17) is 9.15 Å². The summed E-state index contributed by atoms with van der Waals surface area (Å²) < 4.78 is 11.2. The number of carboxylic acids is 1. The number of carbonyl (C=O) groups excluding carboxylic acids is 1. The molecule has 2 N–H and O–H groups in total. The molecule has 0 bridgehead atoms. The molecule has 25 heavy (non-hydrogen) atoms. The van der Waals surface area contributed by atoms with Gasteiger partial charge in [0.15, 0.2) is 5.76 Å². The van der Waals surface area contributed by atoms with Crippen LogP contribution in [0.4, 0.5) is 0 Å². The van der Waals surface area contributed by atoms with Crippen LogP contribution in [0.5, 0.6) is 0 Å². The van der Waals surface area contributed by atoms with Gasteiger partial charge in [-0.25, -0.2) is 4.79 Å². The average molecular weight is 347 g/mol. The summed E-state index contributed by atoms with van der Waals surface area (Å²) >= 11 is 0. The van der Waals surface area contributed by atoms with Crippen molar-refractivity contribution >= 4 is 22.8 Å². The zero-order chi connectivity index (χ0) is 18.8. The van der Waals surface area contributed by atoms with Gasteiger partial charge in [-0.15, -0.1) is 0 Å². The summed E-state index contributed by atoms with van der Waals surface area (Å²) in [4.78, 5) is 23.9. The molecule has 136 valence electrons. The molecule has 6 nitrogen and oxygen atoms in total. The minimum Gasteiger partial charge on any atom is -0.480 e. The van der Waals surface area contributed by atoms with E-state index in [2.05, 4.69) is 5.32 Å². The highest BCUT2D eigenvalue weighted by molar-refractivity contribution is 6.00. The number of amides is 1. The highest BCUT2D eigenvalue weighted by Crippen LogP contribution is 2.27. The van der Waals surface area contributed by atoms with Gasteiger partial charge in [0, 0.05) is 24.0 Å². The zero-order valence-corrected chi connectivity index (χ0v) is 15.3. The van der Waals surface area contributed by atoms with Crippen LogP contribution in [0.15, 0.2) is 22.6 Å². The molecule has 2 aromatic rings. The van der Waals surface area contributed by atoms with Gasteiger partial charge in [-0.3, -0.25) is 4.79 Å². The van der Waals surface area contributed by atoms with Crippen molar-refractivity contribution in [3.63, 3.8) is 0 Å². The summed E-state index contributed by atoms with van der Waals surface area (Å²) in [5, 5.41) is 12.7. The molecule has 1 atom stereocenters. The number of carboxylic acid groups (broad SMARTS) is 1. The van der Waals surface area contributed by atoms with Crippen molar-refractivity contribution in [2.24, 2.45) is 0 Å². The molecule has 2 rings (SSSR count). The first-order valence-corrected chi connectivity index (χ1v) is 8.26. The van der Waals surface area contributed by atoms with Gasteiger partial charge in [-0.05, 0) is 40.2 Å². The summed E-state index contributed by atoms with van der Waals surface area (Å²) in [7, 11) is 0. The number of benzene rings is 1. The van der Waals surface area contributed by atoms with E-state index in [1.165, 1.54) is 0 Å². The predicted molar refractivity (Wildman–Crippen MR) is 94.9 cm³/mol. The number of fused-ring (bicyclic) bond motifs is 1. The smallest absolute Gasteiger partial charge is 0.326 e. The van der Waals surface area contributed by atoms with Gasteiger partial charge < -0.3 is 19.6 Å². The first kappa shape index (κ1) is 19.0. The molecule has 1 amide bonds. The van der Waals surface area contributed by atoms with Crippen molar-refractivity contribution in [3.05, 3.63) is 35.1 Å². The lowest BCUT2D eigenvalue weighted by Gasteiger charge is -2.21. The second-order valence-electron chi connectivity index (χ2n) is 7.12. The fourth-order valence-corrected chi connectivity index (χ4v) is 2.56. The van der Waals surface area contributed by atoms with Crippen LogP contribution in [-0.4, -0.2) is 35.2 Å². The SMILES string of the molecule is Cc1c(C(=O)NC(CCOC(C)(C)C)C(=O)O)oc2c(C)cccc12. The molecular formula is C19H25NO5. The van der Waals surface area contributed by atoms with Gasteiger partial charge >= 0.3 is 5.97 Å². The molecule has 0 saturated heterocycles. The number of furan rings is 1. The quantitative estimate of drug-likeness (QED) is 0.835. The molecule has 0 spiro atoms. The number of nitrogens with one attached hydrogen (secondary N) is 1. The van der Waals surface area contributed by atoms with Crippen molar-refractivity contribution in [2.45, 2.75) is 52.7 Å². The average Bonchev–Trinajstić information content (AvgIpc) is 2.84. The van der Waals surface area contributed by atoms with E-state index in [-0.39, 0.29) is 24.4 Å². The number of aliphatic carboxylic acids is 1. The molecule has 0 aliphatic rings. The highest BCUT2D eigenvalue weighted by atomic mass is 16.5. The number of carbonyl (C=O) groups is 2. The number of hydrogen-bond acceptors (Lipinski definition) is 4. The van der Waals surface area contributed by atoms with Gasteiger partial charge in [0.25, 0.3) is 5.91 Å². The molecule has 0 fully saturated rings. The largest absolute Gasteiger partial charge is 0.480 e. The van der Waals surface area contributed by atoms with Crippen molar-refractivity contribution in [3.8, 4) is 0 Å². The maximum Gasteiger partial charge on any atom is 0.326 e. The van der Waals surface area contributed by atoms with Crippen molar-refractivity contribution in [2.75, 3.05) is 6.61 Å². The topological polar surface area (TPSA) is 88.8 Å². The van der Waals surface area contributed by atoms with E-state index < -0.39 is 17.9 Å². The minimum absolute atomic E-state index is 0.146. The lowest BCUT2D eigenvalue weighted by atomic mass is 10.1.